The fourth-order valence-corrected chi connectivity index (χ4v) is 1.54. The Morgan fingerprint density at radius 1 is 1.75 bits per heavy atom. The first kappa shape index (κ1) is 9.48. The molecule has 1 aliphatic rings. The zero-order valence-corrected chi connectivity index (χ0v) is 7.42. The number of hydrogen-bond acceptors (Lipinski definition) is 3. The van der Waals surface area contributed by atoms with Gasteiger partial charge in [0, 0.05) is 6.54 Å². The summed E-state index contributed by atoms with van der Waals surface area (Å²) in [6.07, 6.45) is 2.03. The minimum absolute atomic E-state index is 0.0160. The monoisotopic (exact) mass is 172 g/mol. The van der Waals surface area contributed by atoms with Crippen molar-refractivity contribution in [3.8, 4) is 0 Å². The van der Waals surface area contributed by atoms with Crippen molar-refractivity contribution < 1.29 is 9.90 Å². The smallest absolute Gasteiger partial charge is 0.237 e. The van der Waals surface area contributed by atoms with E-state index < -0.39 is 0 Å². The van der Waals surface area contributed by atoms with Crippen LogP contribution in [0.2, 0.25) is 0 Å². The Labute approximate surface area is 72.6 Å². The Kier molecular flexibility index (Phi) is 3.49. The number of hydrogen-bond donors (Lipinski definition) is 2. The van der Waals surface area contributed by atoms with E-state index in [1.165, 1.54) is 0 Å². The summed E-state index contributed by atoms with van der Waals surface area (Å²) in [5.74, 6) is 0.0454. The first-order valence-electron chi connectivity index (χ1n) is 4.34. The normalized spacial score (nSPS) is 24.3. The second-order valence-electron chi connectivity index (χ2n) is 3.15. The molecule has 1 atom stereocenters. The summed E-state index contributed by atoms with van der Waals surface area (Å²) in [7, 11) is 1.95. The second-order valence-corrected chi connectivity index (χ2v) is 3.15. The molecule has 0 spiro atoms. The SMILES string of the molecule is CN1CCCC1C(=O)NCCO. The number of rotatable bonds is 3. The van der Waals surface area contributed by atoms with Crippen molar-refractivity contribution in [2.24, 2.45) is 0 Å². The van der Waals surface area contributed by atoms with Gasteiger partial charge in [-0.05, 0) is 26.4 Å². The van der Waals surface area contributed by atoms with Crippen molar-refractivity contribution >= 4 is 5.91 Å². The largest absolute Gasteiger partial charge is 0.395 e. The third-order valence-corrected chi connectivity index (χ3v) is 2.23. The molecule has 0 saturated carbocycles. The lowest BCUT2D eigenvalue weighted by Crippen LogP contribution is -2.42. The summed E-state index contributed by atoms with van der Waals surface area (Å²) in [6, 6.07) is 0.0246. The minimum Gasteiger partial charge on any atom is -0.395 e. The van der Waals surface area contributed by atoms with Crippen LogP contribution in [0.25, 0.3) is 0 Å². The molecule has 2 N–H and O–H groups in total. The molecule has 1 rings (SSSR count). The molecule has 1 fully saturated rings. The van der Waals surface area contributed by atoms with Crippen LogP contribution in [-0.4, -0.2) is 48.7 Å². The van der Waals surface area contributed by atoms with Gasteiger partial charge in [-0.3, -0.25) is 9.69 Å². The van der Waals surface area contributed by atoms with E-state index in [0.717, 1.165) is 19.4 Å². The molecular formula is C8H16N2O2. The molecule has 0 aromatic heterocycles. The number of amides is 1. The molecule has 1 unspecified atom stereocenters. The Morgan fingerprint density at radius 3 is 3.00 bits per heavy atom. The van der Waals surface area contributed by atoms with E-state index in [9.17, 15) is 4.79 Å². The molecule has 0 aromatic rings. The van der Waals surface area contributed by atoms with Gasteiger partial charge in [-0.25, -0.2) is 0 Å². The van der Waals surface area contributed by atoms with Crippen LogP contribution in [0.1, 0.15) is 12.8 Å². The van der Waals surface area contributed by atoms with Gasteiger partial charge in [0.25, 0.3) is 0 Å². The highest BCUT2D eigenvalue weighted by Gasteiger charge is 2.26. The Balaban J connectivity index is 2.30. The maximum absolute atomic E-state index is 11.4. The summed E-state index contributed by atoms with van der Waals surface area (Å²) in [5.41, 5.74) is 0. The molecule has 1 saturated heterocycles. The third kappa shape index (κ3) is 2.19. The standard InChI is InChI=1S/C8H16N2O2/c1-10-5-2-3-7(10)8(12)9-4-6-11/h7,11H,2-6H2,1H3,(H,9,12). The van der Waals surface area contributed by atoms with Gasteiger partial charge >= 0.3 is 0 Å². The average Bonchev–Trinajstić information content (AvgIpc) is 2.47. The van der Waals surface area contributed by atoms with Crippen molar-refractivity contribution in [3.63, 3.8) is 0 Å². The number of likely N-dealkylation sites (N-methyl/N-ethyl adjacent to an activating group) is 1. The van der Waals surface area contributed by atoms with Crippen molar-refractivity contribution in [2.45, 2.75) is 18.9 Å². The Hall–Kier alpha value is -0.610. The predicted molar refractivity (Wildman–Crippen MR) is 45.7 cm³/mol. The van der Waals surface area contributed by atoms with Gasteiger partial charge in [0.05, 0.1) is 12.6 Å². The summed E-state index contributed by atoms with van der Waals surface area (Å²) in [4.78, 5) is 13.4. The van der Waals surface area contributed by atoms with E-state index >= 15 is 0 Å². The fraction of sp³-hybridized carbons (Fsp3) is 0.875. The predicted octanol–water partition coefficient (Wildman–Crippen LogP) is -0.811. The molecule has 0 aliphatic carbocycles. The first-order chi connectivity index (χ1) is 5.75. The number of carbonyl (C=O) groups excluding carboxylic acids is 1. The summed E-state index contributed by atoms with van der Waals surface area (Å²) < 4.78 is 0. The number of likely N-dealkylation sites (tertiary alicyclic amines) is 1. The molecular weight excluding hydrogens is 156 g/mol. The van der Waals surface area contributed by atoms with E-state index in [-0.39, 0.29) is 18.6 Å². The molecule has 0 aromatic carbocycles. The van der Waals surface area contributed by atoms with Crippen LogP contribution >= 0.6 is 0 Å². The topological polar surface area (TPSA) is 52.6 Å². The van der Waals surface area contributed by atoms with Gasteiger partial charge in [0.15, 0.2) is 0 Å². The lowest BCUT2D eigenvalue weighted by Gasteiger charge is -2.17. The molecule has 70 valence electrons. The molecule has 4 heteroatoms. The Bertz CT molecular complexity index is 161. The number of nitrogens with one attached hydrogen (secondary N) is 1. The average molecular weight is 172 g/mol. The number of aliphatic hydroxyl groups excluding tert-OH is 1. The van der Waals surface area contributed by atoms with Crippen LogP contribution in [-0.2, 0) is 4.79 Å². The highest BCUT2D eigenvalue weighted by atomic mass is 16.3. The highest BCUT2D eigenvalue weighted by molar-refractivity contribution is 5.81. The van der Waals surface area contributed by atoms with Crippen molar-refractivity contribution in [1.29, 1.82) is 0 Å². The van der Waals surface area contributed by atoms with Gasteiger partial charge in [-0.15, -0.1) is 0 Å². The maximum Gasteiger partial charge on any atom is 0.237 e. The Morgan fingerprint density at radius 2 is 2.50 bits per heavy atom. The lowest BCUT2D eigenvalue weighted by atomic mass is 10.2. The van der Waals surface area contributed by atoms with E-state index in [1.54, 1.807) is 0 Å². The van der Waals surface area contributed by atoms with Crippen molar-refractivity contribution in [1.82, 2.24) is 10.2 Å². The van der Waals surface area contributed by atoms with Gasteiger partial charge in [-0.1, -0.05) is 0 Å². The van der Waals surface area contributed by atoms with Gasteiger partial charge in [-0.2, -0.15) is 0 Å². The first-order valence-corrected chi connectivity index (χ1v) is 4.34. The zero-order chi connectivity index (χ0) is 8.97. The van der Waals surface area contributed by atoms with E-state index in [2.05, 4.69) is 5.32 Å². The van der Waals surface area contributed by atoms with Gasteiger partial charge < -0.3 is 10.4 Å². The summed E-state index contributed by atoms with van der Waals surface area (Å²) >= 11 is 0. The molecule has 12 heavy (non-hydrogen) atoms. The van der Waals surface area contributed by atoms with Crippen molar-refractivity contribution in [2.75, 3.05) is 26.7 Å². The fourth-order valence-electron chi connectivity index (χ4n) is 1.54. The third-order valence-electron chi connectivity index (χ3n) is 2.23. The minimum atomic E-state index is 0.0160. The van der Waals surface area contributed by atoms with Crippen LogP contribution < -0.4 is 5.32 Å². The van der Waals surface area contributed by atoms with E-state index in [1.807, 2.05) is 11.9 Å². The lowest BCUT2D eigenvalue weighted by molar-refractivity contribution is -0.125. The number of carbonyl (C=O) groups is 1. The molecule has 0 radical (unpaired) electrons. The van der Waals surface area contributed by atoms with Gasteiger partial charge in [0.2, 0.25) is 5.91 Å². The number of aliphatic hydroxyl groups is 1. The van der Waals surface area contributed by atoms with Crippen LogP contribution in [0.15, 0.2) is 0 Å². The highest BCUT2D eigenvalue weighted by Crippen LogP contribution is 2.14. The summed E-state index contributed by atoms with van der Waals surface area (Å²) in [6.45, 7) is 1.38. The molecule has 1 heterocycles. The zero-order valence-electron chi connectivity index (χ0n) is 7.42. The molecule has 1 amide bonds. The van der Waals surface area contributed by atoms with Crippen LogP contribution in [0.4, 0.5) is 0 Å². The van der Waals surface area contributed by atoms with Crippen LogP contribution in [0.5, 0.6) is 0 Å². The molecule has 1 aliphatic heterocycles. The van der Waals surface area contributed by atoms with Crippen LogP contribution in [0, 0.1) is 0 Å². The van der Waals surface area contributed by atoms with Gasteiger partial charge in [0.1, 0.15) is 0 Å². The van der Waals surface area contributed by atoms with E-state index in [4.69, 9.17) is 5.11 Å². The molecule has 4 nitrogen and oxygen atoms in total. The van der Waals surface area contributed by atoms with E-state index in [0.29, 0.717) is 6.54 Å². The van der Waals surface area contributed by atoms with Crippen molar-refractivity contribution in [3.05, 3.63) is 0 Å². The van der Waals surface area contributed by atoms with Crippen LogP contribution in [0.3, 0.4) is 0 Å². The number of nitrogens with zero attached hydrogens (tertiary/aromatic N) is 1. The second kappa shape index (κ2) is 4.42. The summed E-state index contributed by atoms with van der Waals surface area (Å²) in [5, 5.41) is 11.2. The molecule has 0 bridgehead atoms. The quantitative estimate of drug-likeness (QED) is 0.585. The maximum atomic E-state index is 11.4.